The number of sulfone groups is 2. The number of rotatable bonds is 22. The first-order valence-electron chi connectivity index (χ1n) is 24.9. The molecular formula is C48H64Cl2N14O12S2. The van der Waals surface area contributed by atoms with Gasteiger partial charge in [-0.2, -0.15) is 19.9 Å². The molecule has 4 atom stereocenters. The average Bonchev–Trinajstić information content (AvgIpc) is 4.20. The number of hydrogen-bond acceptors (Lipinski definition) is 24. The Hall–Kier alpha value is -5.88. The average molecular weight is 1160 g/mol. The summed E-state index contributed by atoms with van der Waals surface area (Å²) in [6.45, 7) is 3.33. The lowest BCUT2D eigenvalue weighted by Gasteiger charge is -2.27. The summed E-state index contributed by atoms with van der Waals surface area (Å²) in [6.07, 6.45) is 12.5. The van der Waals surface area contributed by atoms with Gasteiger partial charge in [-0.1, -0.05) is 23.2 Å². The first kappa shape index (κ1) is 59.8. The number of methoxy groups -OCH3 is 6. The zero-order chi connectivity index (χ0) is 56.3. The molecule has 8 rings (SSSR count). The van der Waals surface area contributed by atoms with Gasteiger partial charge in [0.1, 0.15) is 48.0 Å². The summed E-state index contributed by atoms with van der Waals surface area (Å²) in [4.78, 5) is 33.4. The summed E-state index contributed by atoms with van der Waals surface area (Å²) in [6, 6.07) is 0. The van der Waals surface area contributed by atoms with E-state index in [1.165, 1.54) is 93.9 Å². The molecule has 2 N–H and O–H groups in total. The minimum absolute atomic E-state index is 0.0296. The third-order valence-electron chi connectivity index (χ3n) is 14.1. The van der Waals surface area contributed by atoms with Crippen LogP contribution in [0.3, 0.4) is 0 Å². The molecule has 424 valence electrons. The molecule has 78 heavy (non-hydrogen) atoms. The van der Waals surface area contributed by atoms with E-state index in [1.54, 1.807) is 9.13 Å². The van der Waals surface area contributed by atoms with Crippen molar-refractivity contribution in [1.82, 2.24) is 69.4 Å². The SMILES string of the molecule is COc1ncnc(OC)c1-n1c(CS(=O)(=O)[C@@H](C)[C@H](OC)c2ncc(Cl)cn2)nnc1C1CCC(CO)CC1.COc1ncnc(OC)c1-n1c(CS(=O)(=O)[C@@H](C)[C@H](OC)c2ncc(Cl)cn2)nnc1C1CCC(CO)CC1. The van der Waals surface area contributed by atoms with Gasteiger partial charge in [0.2, 0.25) is 23.5 Å². The predicted molar refractivity (Wildman–Crippen MR) is 281 cm³/mol. The molecule has 2 fully saturated rings. The summed E-state index contributed by atoms with van der Waals surface area (Å²) in [7, 11) is 0.812. The van der Waals surface area contributed by atoms with Crippen molar-refractivity contribution < 1.29 is 55.5 Å². The van der Waals surface area contributed by atoms with Crippen molar-refractivity contribution in [3.8, 4) is 34.9 Å². The fourth-order valence-corrected chi connectivity index (χ4v) is 12.7. The van der Waals surface area contributed by atoms with E-state index in [0.717, 1.165) is 51.4 Å². The van der Waals surface area contributed by atoms with Gasteiger partial charge in [0.25, 0.3) is 0 Å². The number of nitrogens with zero attached hydrogens (tertiary/aromatic N) is 14. The van der Waals surface area contributed by atoms with E-state index in [2.05, 4.69) is 60.3 Å². The number of aliphatic hydroxyl groups excluding tert-OH is 2. The molecule has 0 unspecified atom stereocenters. The molecule has 2 aliphatic carbocycles. The van der Waals surface area contributed by atoms with Crippen molar-refractivity contribution in [2.75, 3.05) is 55.9 Å². The molecule has 6 aromatic heterocycles. The Labute approximate surface area is 461 Å². The van der Waals surface area contributed by atoms with Gasteiger partial charge in [0.15, 0.2) is 54.3 Å². The quantitative estimate of drug-likeness (QED) is 0.0908. The van der Waals surface area contributed by atoms with Gasteiger partial charge < -0.3 is 38.6 Å². The van der Waals surface area contributed by atoms with Crippen molar-refractivity contribution in [2.45, 2.75) is 111 Å². The second kappa shape index (κ2) is 26.9. The van der Waals surface area contributed by atoms with Crippen LogP contribution in [0.2, 0.25) is 10.0 Å². The molecule has 6 heterocycles. The Morgan fingerprint density at radius 2 is 0.821 bits per heavy atom. The Balaban J connectivity index is 0.000000226. The molecule has 0 aliphatic heterocycles. The standard InChI is InChI=1S/2C24H32ClN7O6S/c2*1-14(20(36-2)21-26-9-17(25)10-27-21)39(34,35)12-18-30-31-22(16-7-5-15(11-33)6-8-16)32(18)19-23(37-3)28-13-29-24(19)38-4/h2*9-10,13-16,20,33H,5-8,11-12H2,1-4H3/t2*14-,15?,16?,20-/m00/s1. The molecule has 6 aromatic rings. The molecular weight excluding hydrogens is 1100 g/mol. The molecule has 0 bridgehead atoms. The predicted octanol–water partition coefficient (Wildman–Crippen LogP) is 4.95. The number of ether oxygens (including phenoxy) is 6. The summed E-state index contributed by atoms with van der Waals surface area (Å²) in [5.74, 6) is 1.99. The maximum absolute atomic E-state index is 13.7. The second-order valence-corrected chi connectivity index (χ2v) is 24.3. The first-order valence-corrected chi connectivity index (χ1v) is 29.1. The Kier molecular flexibility index (Phi) is 20.6. The fraction of sp³-hybridized carbons (Fsp3) is 0.583. The van der Waals surface area contributed by atoms with Gasteiger partial charge in [-0.3, -0.25) is 9.13 Å². The molecule has 2 saturated carbocycles. The van der Waals surface area contributed by atoms with Crippen LogP contribution in [0, 0.1) is 11.8 Å². The van der Waals surface area contributed by atoms with Gasteiger partial charge in [0, 0.05) is 64.1 Å². The van der Waals surface area contributed by atoms with Gasteiger partial charge in [0.05, 0.1) is 49.0 Å². The van der Waals surface area contributed by atoms with Crippen molar-refractivity contribution in [3.63, 3.8) is 0 Å². The number of aromatic nitrogens is 14. The van der Waals surface area contributed by atoms with Gasteiger partial charge in [-0.25, -0.2) is 36.8 Å². The number of aliphatic hydroxyl groups is 2. The highest BCUT2D eigenvalue weighted by Crippen LogP contribution is 2.42. The van der Waals surface area contributed by atoms with Crippen molar-refractivity contribution >= 4 is 42.9 Å². The van der Waals surface area contributed by atoms with Crippen LogP contribution >= 0.6 is 23.2 Å². The van der Waals surface area contributed by atoms with Crippen LogP contribution < -0.4 is 18.9 Å². The second-order valence-electron chi connectivity index (χ2n) is 18.8. The highest BCUT2D eigenvalue weighted by molar-refractivity contribution is 7.91. The highest BCUT2D eigenvalue weighted by Gasteiger charge is 2.39. The lowest BCUT2D eigenvalue weighted by Crippen LogP contribution is -2.30. The van der Waals surface area contributed by atoms with Crippen molar-refractivity contribution in [2.24, 2.45) is 11.8 Å². The summed E-state index contributed by atoms with van der Waals surface area (Å²) < 4.78 is 91.2. The Bertz CT molecular complexity index is 2890. The highest BCUT2D eigenvalue weighted by atomic mass is 35.5. The zero-order valence-electron chi connectivity index (χ0n) is 44.4. The van der Waals surface area contributed by atoms with Crippen LogP contribution in [0.4, 0.5) is 0 Å². The molecule has 0 saturated heterocycles. The van der Waals surface area contributed by atoms with Gasteiger partial charge >= 0.3 is 0 Å². The Morgan fingerprint density at radius 1 is 0.513 bits per heavy atom. The minimum Gasteiger partial charge on any atom is -0.479 e. The molecule has 30 heteroatoms. The molecule has 0 radical (unpaired) electrons. The lowest BCUT2D eigenvalue weighted by atomic mass is 9.82. The van der Waals surface area contributed by atoms with E-state index in [9.17, 15) is 27.0 Å². The molecule has 0 spiro atoms. The van der Waals surface area contributed by atoms with Crippen LogP contribution in [0.25, 0.3) is 11.4 Å². The number of halogens is 2. The fourth-order valence-electron chi connectivity index (χ4n) is 9.70. The normalized spacial score (nSPS) is 19.4. The van der Waals surface area contributed by atoms with E-state index in [1.807, 2.05) is 0 Å². The van der Waals surface area contributed by atoms with E-state index in [-0.39, 0.29) is 83.7 Å². The van der Waals surface area contributed by atoms with Gasteiger partial charge in [-0.05, 0) is 77.0 Å². The third-order valence-corrected chi connectivity index (χ3v) is 18.6. The molecule has 2 aliphatic rings. The van der Waals surface area contributed by atoms with E-state index >= 15 is 0 Å². The van der Waals surface area contributed by atoms with Crippen molar-refractivity contribution in [1.29, 1.82) is 0 Å². The largest absolute Gasteiger partial charge is 0.479 e. The summed E-state index contributed by atoms with van der Waals surface area (Å²) >= 11 is 11.8. The van der Waals surface area contributed by atoms with E-state index in [0.29, 0.717) is 33.1 Å². The molecule has 0 amide bonds. The van der Waals surface area contributed by atoms with Crippen LogP contribution in [0.5, 0.6) is 23.5 Å². The van der Waals surface area contributed by atoms with Crippen molar-refractivity contribution in [3.05, 3.63) is 82.4 Å². The zero-order valence-corrected chi connectivity index (χ0v) is 47.5. The van der Waals surface area contributed by atoms with Crippen LogP contribution in [-0.2, 0) is 40.7 Å². The maximum atomic E-state index is 13.7. The van der Waals surface area contributed by atoms with Crippen LogP contribution in [0.15, 0.2) is 37.4 Å². The van der Waals surface area contributed by atoms with E-state index < -0.39 is 53.9 Å². The Morgan fingerprint density at radius 3 is 1.09 bits per heavy atom. The molecule has 0 aromatic carbocycles. The van der Waals surface area contributed by atoms with Crippen LogP contribution in [-0.4, -0.2) is 163 Å². The summed E-state index contributed by atoms with van der Waals surface area (Å²) in [5.41, 5.74) is 0.628. The molecule has 26 nitrogen and oxygen atoms in total. The third kappa shape index (κ3) is 13.4. The lowest BCUT2D eigenvalue weighted by molar-refractivity contribution is 0.0947. The monoisotopic (exact) mass is 1160 g/mol. The number of hydrogen-bond donors (Lipinski definition) is 2. The maximum Gasteiger partial charge on any atom is 0.245 e. The summed E-state index contributed by atoms with van der Waals surface area (Å²) in [5, 5.41) is 35.3. The van der Waals surface area contributed by atoms with Crippen LogP contribution in [0.1, 0.15) is 124 Å². The topological polar surface area (TPSA) is 329 Å². The smallest absolute Gasteiger partial charge is 0.245 e. The first-order chi connectivity index (χ1) is 37.5. The minimum atomic E-state index is -3.90. The van der Waals surface area contributed by atoms with E-state index in [4.69, 9.17) is 51.6 Å². The van der Waals surface area contributed by atoms with Gasteiger partial charge in [-0.15, -0.1) is 20.4 Å².